The van der Waals surface area contributed by atoms with E-state index in [1.807, 2.05) is 6.92 Å². The van der Waals surface area contributed by atoms with Gasteiger partial charge in [0.05, 0.1) is 24.2 Å². The molecule has 4 saturated carbocycles. The van der Waals surface area contributed by atoms with Crippen LogP contribution in [0.2, 0.25) is 0 Å². The maximum absolute atomic E-state index is 13.6. The van der Waals surface area contributed by atoms with E-state index in [-0.39, 0.29) is 45.1 Å². The van der Waals surface area contributed by atoms with Crippen molar-refractivity contribution in [3.8, 4) is 0 Å². The average molecular weight is 501 g/mol. The Morgan fingerprint density at radius 1 is 0.917 bits per heavy atom. The van der Waals surface area contributed by atoms with Gasteiger partial charge in [0.25, 0.3) is 0 Å². The number of aliphatic hydroxyl groups is 2. The first kappa shape index (κ1) is 26.7. The molecule has 4 heteroatoms. The summed E-state index contributed by atoms with van der Waals surface area (Å²) < 4.78 is 5.72. The first-order chi connectivity index (χ1) is 16.6. The number of carbonyl (C=O) groups is 1. The van der Waals surface area contributed by atoms with Crippen molar-refractivity contribution in [2.45, 2.75) is 125 Å². The van der Waals surface area contributed by atoms with Crippen molar-refractivity contribution in [1.82, 2.24) is 0 Å². The third kappa shape index (κ3) is 3.22. The zero-order valence-electron chi connectivity index (χ0n) is 24.2. The number of ether oxygens (including phenoxy) is 1. The van der Waals surface area contributed by atoms with Crippen LogP contribution in [0, 0.1) is 50.2 Å². The van der Waals surface area contributed by atoms with Crippen LogP contribution in [0.15, 0.2) is 11.6 Å². The smallest absolute Gasteiger partial charge is 0.312 e. The van der Waals surface area contributed by atoms with Crippen LogP contribution in [0.5, 0.6) is 0 Å². The molecule has 0 saturated heterocycles. The summed E-state index contributed by atoms with van der Waals surface area (Å²) in [5.41, 5.74) is 1.07. The lowest BCUT2D eigenvalue weighted by atomic mass is 9.33. The van der Waals surface area contributed by atoms with Crippen LogP contribution in [0.25, 0.3) is 0 Å². The van der Waals surface area contributed by atoms with E-state index in [4.69, 9.17) is 4.74 Å². The summed E-state index contributed by atoms with van der Waals surface area (Å²) in [6, 6.07) is 0. The Morgan fingerprint density at radius 2 is 1.61 bits per heavy atom. The van der Waals surface area contributed by atoms with Gasteiger partial charge in [-0.3, -0.25) is 4.79 Å². The molecular formula is C32H52O4. The SMILES string of the molecule is CCOC(=O)[C@@]12CC[C@]3(C)C(=CC[C@@H]4[C@@]5(C)CC[C@H](O)C(C)(C)[C@@H]5CC[C@]43C)[C@H]1CC(C)(C)[C@@H](O)C2. The fraction of sp³-hybridized carbons (Fsp3) is 0.906. The van der Waals surface area contributed by atoms with E-state index in [0.29, 0.717) is 24.9 Å². The second-order valence-corrected chi connectivity index (χ2v) is 15.5. The molecule has 5 rings (SSSR count). The molecule has 5 aliphatic rings. The lowest BCUT2D eigenvalue weighted by Crippen LogP contribution is -2.65. The molecule has 36 heavy (non-hydrogen) atoms. The predicted octanol–water partition coefficient (Wildman–Crippen LogP) is 6.68. The summed E-state index contributed by atoms with van der Waals surface area (Å²) in [7, 11) is 0. The summed E-state index contributed by atoms with van der Waals surface area (Å²) in [5.74, 6) is 1.18. The fourth-order valence-corrected chi connectivity index (χ4v) is 10.9. The Morgan fingerprint density at radius 3 is 2.28 bits per heavy atom. The van der Waals surface area contributed by atoms with Crippen molar-refractivity contribution in [1.29, 1.82) is 0 Å². The highest BCUT2D eigenvalue weighted by Gasteiger charge is 2.70. The molecule has 0 aliphatic heterocycles. The number of hydrogen-bond acceptors (Lipinski definition) is 4. The molecule has 0 spiro atoms. The number of fused-ring (bicyclic) bond motifs is 7. The number of esters is 1. The second kappa shape index (κ2) is 8.07. The Kier molecular flexibility index (Phi) is 5.99. The summed E-state index contributed by atoms with van der Waals surface area (Å²) >= 11 is 0. The minimum Gasteiger partial charge on any atom is -0.466 e. The van der Waals surface area contributed by atoms with E-state index in [2.05, 4.69) is 54.5 Å². The first-order valence-corrected chi connectivity index (χ1v) is 14.8. The van der Waals surface area contributed by atoms with Gasteiger partial charge in [-0.25, -0.2) is 0 Å². The molecule has 4 nitrogen and oxygen atoms in total. The van der Waals surface area contributed by atoms with E-state index >= 15 is 0 Å². The number of aliphatic hydroxyl groups excluding tert-OH is 2. The summed E-state index contributed by atoms with van der Waals surface area (Å²) in [6.45, 7) is 18.9. The Labute approximate surface area is 219 Å². The molecule has 0 amide bonds. The number of rotatable bonds is 2. The molecule has 204 valence electrons. The van der Waals surface area contributed by atoms with Gasteiger partial charge >= 0.3 is 5.97 Å². The lowest BCUT2D eigenvalue weighted by molar-refractivity contribution is -0.210. The molecule has 0 aromatic rings. The van der Waals surface area contributed by atoms with Gasteiger partial charge in [0.15, 0.2) is 0 Å². The van der Waals surface area contributed by atoms with Crippen LogP contribution in [0.3, 0.4) is 0 Å². The monoisotopic (exact) mass is 500 g/mol. The second-order valence-electron chi connectivity index (χ2n) is 15.5. The first-order valence-electron chi connectivity index (χ1n) is 14.8. The molecular weight excluding hydrogens is 448 g/mol. The number of carbonyl (C=O) groups excluding carboxylic acids is 1. The molecule has 0 unspecified atom stereocenters. The fourth-order valence-electron chi connectivity index (χ4n) is 10.9. The van der Waals surface area contributed by atoms with E-state index in [0.717, 1.165) is 38.5 Å². The van der Waals surface area contributed by atoms with Crippen LogP contribution >= 0.6 is 0 Å². The Hall–Kier alpha value is -0.870. The van der Waals surface area contributed by atoms with Crippen molar-refractivity contribution in [2.75, 3.05) is 6.61 Å². The normalized spacial score (nSPS) is 51.1. The van der Waals surface area contributed by atoms with E-state index in [1.54, 1.807) is 0 Å². The van der Waals surface area contributed by atoms with E-state index < -0.39 is 11.5 Å². The van der Waals surface area contributed by atoms with Crippen LogP contribution in [0.1, 0.15) is 113 Å². The topological polar surface area (TPSA) is 66.8 Å². The van der Waals surface area contributed by atoms with Gasteiger partial charge in [0.1, 0.15) is 0 Å². The zero-order chi connectivity index (χ0) is 26.5. The molecule has 0 heterocycles. The quantitative estimate of drug-likeness (QED) is 0.328. The highest BCUT2D eigenvalue weighted by molar-refractivity contribution is 5.79. The van der Waals surface area contributed by atoms with Gasteiger partial charge < -0.3 is 14.9 Å². The lowest BCUT2D eigenvalue weighted by Gasteiger charge is -2.71. The standard InChI is InChI=1S/C32H52O4/c1-9-36-26(35)32-17-16-30(7)20(21(32)18-27(2,3)25(34)19-32)10-11-23-29(6)14-13-24(33)28(4,5)22(29)12-15-31(23,30)8/h10,21-25,33-34H,9,11-19H2,1-8H3/t21-,22+,23-,24+,25+,29+,30-,31-,32-/m1/s1. The summed E-state index contributed by atoms with van der Waals surface area (Å²) in [5, 5.41) is 22.1. The molecule has 0 bridgehead atoms. The van der Waals surface area contributed by atoms with Crippen molar-refractivity contribution >= 4 is 5.97 Å². The molecule has 0 aromatic heterocycles. The third-order valence-corrected chi connectivity index (χ3v) is 13.5. The van der Waals surface area contributed by atoms with Crippen molar-refractivity contribution in [3.05, 3.63) is 11.6 Å². The summed E-state index contributed by atoms with van der Waals surface area (Å²) in [4.78, 5) is 13.6. The number of allylic oxidation sites excluding steroid dienone is 2. The van der Waals surface area contributed by atoms with Gasteiger partial charge in [0.2, 0.25) is 0 Å². The predicted molar refractivity (Wildman–Crippen MR) is 143 cm³/mol. The largest absolute Gasteiger partial charge is 0.466 e. The molecule has 4 fully saturated rings. The minimum absolute atomic E-state index is 0.0448. The van der Waals surface area contributed by atoms with Gasteiger partial charge in [0, 0.05) is 0 Å². The molecule has 0 radical (unpaired) electrons. The van der Waals surface area contributed by atoms with Gasteiger partial charge in [-0.15, -0.1) is 0 Å². The Balaban J connectivity index is 1.60. The van der Waals surface area contributed by atoms with Crippen LogP contribution in [0.4, 0.5) is 0 Å². The highest BCUT2D eigenvalue weighted by Crippen LogP contribution is 2.75. The van der Waals surface area contributed by atoms with Gasteiger partial charge in [-0.2, -0.15) is 0 Å². The third-order valence-electron chi connectivity index (χ3n) is 13.5. The zero-order valence-corrected chi connectivity index (χ0v) is 24.2. The highest BCUT2D eigenvalue weighted by atomic mass is 16.5. The molecule has 9 atom stereocenters. The molecule has 2 N–H and O–H groups in total. The molecule has 5 aliphatic carbocycles. The minimum atomic E-state index is -0.600. The summed E-state index contributed by atoms with van der Waals surface area (Å²) in [6.07, 6.45) is 10.5. The maximum Gasteiger partial charge on any atom is 0.312 e. The Bertz CT molecular complexity index is 950. The van der Waals surface area contributed by atoms with E-state index in [9.17, 15) is 15.0 Å². The van der Waals surface area contributed by atoms with Crippen LogP contribution < -0.4 is 0 Å². The van der Waals surface area contributed by atoms with Crippen molar-refractivity contribution < 1.29 is 19.7 Å². The van der Waals surface area contributed by atoms with Gasteiger partial charge in [-0.05, 0) is 110 Å². The van der Waals surface area contributed by atoms with Crippen molar-refractivity contribution in [2.24, 2.45) is 50.2 Å². The number of hydrogen-bond donors (Lipinski definition) is 2. The van der Waals surface area contributed by atoms with Crippen LogP contribution in [-0.2, 0) is 9.53 Å². The molecule has 0 aromatic carbocycles. The van der Waals surface area contributed by atoms with Gasteiger partial charge in [-0.1, -0.05) is 60.1 Å². The van der Waals surface area contributed by atoms with Crippen LogP contribution in [-0.4, -0.2) is 35.0 Å². The average Bonchev–Trinajstić information content (AvgIpc) is 2.78. The van der Waals surface area contributed by atoms with E-state index in [1.165, 1.54) is 18.4 Å². The van der Waals surface area contributed by atoms with Crippen molar-refractivity contribution in [3.63, 3.8) is 0 Å². The maximum atomic E-state index is 13.6.